The van der Waals surface area contributed by atoms with Crippen molar-refractivity contribution in [2.45, 2.75) is 18.4 Å². The number of pyridine rings is 1. The van der Waals surface area contributed by atoms with Crippen LogP contribution >= 0.6 is 0 Å². The van der Waals surface area contributed by atoms with E-state index < -0.39 is 44.6 Å². The highest BCUT2D eigenvalue weighted by molar-refractivity contribution is 7.89. The number of nitrogens with one attached hydrogen (secondary N) is 1. The molecule has 1 amide bonds. The molecule has 12 nitrogen and oxygen atoms in total. The lowest BCUT2D eigenvalue weighted by molar-refractivity contribution is -0.386. The molecule has 1 aromatic heterocycles. The lowest BCUT2D eigenvalue weighted by Gasteiger charge is -2.11. The first kappa shape index (κ1) is 21.7. The predicted octanol–water partition coefficient (Wildman–Crippen LogP) is 0.138. The number of hydrogen-bond acceptors (Lipinski definition) is 8. The molecule has 0 atom stereocenters. The van der Waals surface area contributed by atoms with Crippen molar-refractivity contribution >= 4 is 33.3 Å². The number of benzene rings is 1. The first-order valence-electron chi connectivity index (χ1n) is 7.84. The van der Waals surface area contributed by atoms with E-state index in [1.54, 1.807) is 0 Å². The highest BCUT2D eigenvalue weighted by Crippen LogP contribution is 2.19. The number of methoxy groups -OCH3 is 1. The van der Waals surface area contributed by atoms with Crippen LogP contribution in [0.3, 0.4) is 0 Å². The molecule has 2 rings (SSSR count). The summed E-state index contributed by atoms with van der Waals surface area (Å²) in [6.45, 7) is 0.839. The number of esters is 1. The number of sulfonamides is 1. The van der Waals surface area contributed by atoms with E-state index in [1.807, 2.05) is 0 Å². The number of nitrogens with zero attached hydrogens (tertiary/aromatic N) is 2. The Balaban J connectivity index is 2.36. The zero-order valence-electron chi connectivity index (χ0n) is 15.2. The van der Waals surface area contributed by atoms with Gasteiger partial charge in [-0.25, -0.2) is 18.4 Å². The number of hydrogen-bond donors (Lipinski definition) is 2. The number of amides is 1. The maximum Gasteiger partial charge on any atom is 0.339 e. The number of carbonyl (C=O) groups is 2. The minimum absolute atomic E-state index is 0.0799. The van der Waals surface area contributed by atoms with Crippen molar-refractivity contribution in [3.8, 4) is 0 Å². The number of aromatic nitrogens is 1. The van der Waals surface area contributed by atoms with Crippen LogP contribution in [0.4, 0.5) is 11.4 Å². The fourth-order valence-corrected chi connectivity index (χ4v) is 3.25. The van der Waals surface area contributed by atoms with Gasteiger partial charge >= 0.3 is 17.2 Å². The van der Waals surface area contributed by atoms with Crippen LogP contribution in [0.5, 0.6) is 0 Å². The summed E-state index contributed by atoms with van der Waals surface area (Å²) >= 11 is 0. The van der Waals surface area contributed by atoms with Crippen molar-refractivity contribution < 1.29 is 27.7 Å². The Hall–Kier alpha value is -3.58. The molecular formula is C16H16N4O8S. The number of aryl methyl sites for hydroxylation is 1. The quantitative estimate of drug-likeness (QED) is 0.373. The first-order valence-corrected chi connectivity index (χ1v) is 9.39. The summed E-state index contributed by atoms with van der Waals surface area (Å²) in [6.07, 6.45) is 0.950. The average molecular weight is 424 g/mol. The van der Waals surface area contributed by atoms with Crippen molar-refractivity contribution in [2.75, 3.05) is 12.4 Å². The number of nitrogens with two attached hydrogens (primary N) is 1. The molecule has 0 aliphatic rings. The van der Waals surface area contributed by atoms with E-state index in [2.05, 4.69) is 10.1 Å². The third-order valence-electron chi connectivity index (χ3n) is 3.78. The molecule has 0 aliphatic carbocycles. The van der Waals surface area contributed by atoms with E-state index in [-0.39, 0.29) is 16.1 Å². The zero-order valence-corrected chi connectivity index (χ0v) is 16.1. The highest BCUT2D eigenvalue weighted by atomic mass is 32.2. The smallest absolute Gasteiger partial charge is 0.339 e. The molecule has 0 bridgehead atoms. The van der Waals surface area contributed by atoms with E-state index in [4.69, 9.17) is 5.14 Å². The van der Waals surface area contributed by atoms with Crippen LogP contribution in [0.15, 0.2) is 40.2 Å². The summed E-state index contributed by atoms with van der Waals surface area (Å²) in [5, 5.41) is 18.5. The van der Waals surface area contributed by atoms with Crippen molar-refractivity contribution in [2.24, 2.45) is 5.14 Å². The lowest BCUT2D eigenvalue weighted by atomic mass is 10.2. The molecule has 1 heterocycles. The summed E-state index contributed by atoms with van der Waals surface area (Å²) in [5.74, 6) is -1.73. The third-order valence-corrected chi connectivity index (χ3v) is 4.83. The summed E-state index contributed by atoms with van der Waals surface area (Å²) in [5.41, 5.74) is -1.86. The minimum atomic E-state index is -4.02. The molecule has 0 unspecified atom stereocenters. The van der Waals surface area contributed by atoms with E-state index >= 15 is 0 Å². The largest absolute Gasteiger partial charge is 0.465 e. The Morgan fingerprint density at radius 3 is 2.52 bits per heavy atom. The van der Waals surface area contributed by atoms with Crippen LogP contribution in [0, 0.1) is 17.0 Å². The van der Waals surface area contributed by atoms with E-state index in [0.29, 0.717) is 10.1 Å². The Labute approximate surface area is 164 Å². The topological polar surface area (TPSA) is 181 Å². The Morgan fingerprint density at radius 1 is 1.31 bits per heavy atom. The van der Waals surface area contributed by atoms with Crippen LogP contribution in [0.25, 0.3) is 0 Å². The molecule has 13 heteroatoms. The normalized spacial score (nSPS) is 11.0. The maximum absolute atomic E-state index is 12.3. The van der Waals surface area contributed by atoms with Gasteiger partial charge in [0.15, 0.2) is 0 Å². The molecule has 0 radical (unpaired) electrons. The highest BCUT2D eigenvalue weighted by Gasteiger charge is 2.21. The van der Waals surface area contributed by atoms with Gasteiger partial charge in [0.25, 0.3) is 0 Å². The molecule has 0 aliphatic heterocycles. The molecule has 2 aromatic rings. The van der Waals surface area contributed by atoms with Crippen LogP contribution in [0.2, 0.25) is 0 Å². The standard InChI is InChI=1S/C16H16N4O8S/c1-9-3-4-11(6-13(9)29(17,26)27)18-14(21)8-19-7-10(16(23)28-2)5-12(15(19)22)20(24)25/h3-7H,8H2,1-2H3,(H,18,21)(H2,17,26,27). The fraction of sp³-hybridized carbons (Fsp3) is 0.188. The van der Waals surface area contributed by atoms with Crippen molar-refractivity contribution in [1.82, 2.24) is 4.57 Å². The van der Waals surface area contributed by atoms with E-state index in [0.717, 1.165) is 25.4 Å². The number of carbonyl (C=O) groups excluding carboxylic acids is 2. The zero-order chi connectivity index (χ0) is 21.9. The number of primary sulfonamides is 1. The summed E-state index contributed by atoms with van der Waals surface area (Å²) in [7, 11) is -2.97. The van der Waals surface area contributed by atoms with Gasteiger partial charge in [-0.3, -0.25) is 24.3 Å². The molecule has 0 spiro atoms. The van der Waals surface area contributed by atoms with Gasteiger partial charge in [0.2, 0.25) is 15.9 Å². The monoisotopic (exact) mass is 424 g/mol. The molecule has 0 saturated carbocycles. The van der Waals surface area contributed by atoms with Crippen LogP contribution in [0.1, 0.15) is 15.9 Å². The Kier molecular flexibility index (Phi) is 6.14. The number of nitro groups is 1. The van der Waals surface area contributed by atoms with Gasteiger partial charge in [-0.15, -0.1) is 0 Å². The number of ether oxygens (including phenoxy) is 1. The summed E-state index contributed by atoms with van der Waals surface area (Å²) < 4.78 is 28.3. The maximum atomic E-state index is 12.3. The van der Waals surface area contributed by atoms with Crippen LogP contribution in [-0.4, -0.2) is 36.9 Å². The summed E-state index contributed by atoms with van der Waals surface area (Å²) in [6, 6.07) is 4.72. The van der Waals surface area contributed by atoms with Crippen molar-refractivity contribution in [1.29, 1.82) is 0 Å². The van der Waals surface area contributed by atoms with Crippen LogP contribution < -0.4 is 16.0 Å². The second-order valence-corrected chi connectivity index (χ2v) is 7.40. The van der Waals surface area contributed by atoms with E-state index in [9.17, 15) is 32.9 Å². The van der Waals surface area contributed by atoms with Gasteiger partial charge in [-0.2, -0.15) is 0 Å². The lowest BCUT2D eigenvalue weighted by Crippen LogP contribution is -2.29. The Morgan fingerprint density at radius 2 is 1.97 bits per heavy atom. The second kappa shape index (κ2) is 8.20. The van der Waals surface area contributed by atoms with Crippen molar-refractivity contribution in [3.63, 3.8) is 0 Å². The molecule has 0 saturated heterocycles. The third kappa shape index (κ3) is 5.03. The predicted molar refractivity (Wildman–Crippen MR) is 99.9 cm³/mol. The van der Waals surface area contributed by atoms with Gasteiger partial charge in [0, 0.05) is 18.0 Å². The van der Waals surface area contributed by atoms with E-state index in [1.165, 1.54) is 19.1 Å². The van der Waals surface area contributed by atoms with Crippen LogP contribution in [-0.2, 0) is 26.1 Å². The number of anilines is 1. The van der Waals surface area contributed by atoms with Gasteiger partial charge in [-0.1, -0.05) is 6.07 Å². The van der Waals surface area contributed by atoms with Gasteiger partial charge in [-0.05, 0) is 24.6 Å². The minimum Gasteiger partial charge on any atom is -0.465 e. The molecular weight excluding hydrogens is 408 g/mol. The first-order chi connectivity index (χ1) is 13.4. The molecule has 154 valence electrons. The summed E-state index contributed by atoms with van der Waals surface area (Å²) in [4.78, 5) is 46.0. The van der Waals surface area contributed by atoms with Gasteiger partial charge in [0.1, 0.15) is 6.54 Å². The molecule has 1 aromatic carbocycles. The SMILES string of the molecule is COC(=O)c1cc([N+](=O)[O-])c(=O)n(CC(=O)Nc2ccc(C)c(S(N)(=O)=O)c2)c1. The van der Waals surface area contributed by atoms with Gasteiger partial charge in [0.05, 0.1) is 22.5 Å². The second-order valence-electron chi connectivity index (χ2n) is 5.87. The molecule has 3 N–H and O–H groups in total. The fourth-order valence-electron chi connectivity index (χ4n) is 2.44. The van der Waals surface area contributed by atoms with Crippen molar-refractivity contribution in [3.05, 3.63) is 62.1 Å². The average Bonchev–Trinajstić information content (AvgIpc) is 2.63. The molecule has 29 heavy (non-hydrogen) atoms. The Bertz CT molecular complexity index is 1170. The number of rotatable bonds is 6. The molecule has 0 fully saturated rings. The van der Waals surface area contributed by atoms with Gasteiger partial charge < -0.3 is 10.1 Å².